The van der Waals surface area contributed by atoms with Crippen molar-refractivity contribution in [1.82, 2.24) is 10.6 Å². The SMILES string of the molecule is CN=C(NCc1cc(OC)ccc1O)NC1CCCC(SC)C1. The number of nitrogens with zero attached hydrogens (tertiary/aromatic N) is 1. The molecule has 0 spiro atoms. The van der Waals surface area contributed by atoms with Crippen molar-refractivity contribution in [2.45, 2.75) is 43.5 Å². The third-order valence-electron chi connectivity index (χ3n) is 4.26. The molecule has 23 heavy (non-hydrogen) atoms. The van der Waals surface area contributed by atoms with E-state index in [1.54, 1.807) is 26.3 Å². The maximum atomic E-state index is 9.95. The van der Waals surface area contributed by atoms with Gasteiger partial charge in [-0.25, -0.2) is 0 Å². The number of nitrogens with one attached hydrogen (secondary N) is 2. The third kappa shape index (κ3) is 5.23. The predicted molar refractivity (Wildman–Crippen MR) is 97.6 cm³/mol. The number of rotatable bonds is 5. The van der Waals surface area contributed by atoms with Crippen molar-refractivity contribution in [2.75, 3.05) is 20.4 Å². The number of guanidine groups is 1. The van der Waals surface area contributed by atoms with Crippen LogP contribution in [0, 0.1) is 0 Å². The van der Waals surface area contributed by atoms with E-state index in [1.165, 1.54) is 25.7 Å². The fourth-order valence-electron chi connectivity index (χ4n) is 2.89. The van der Waals surface area contributed by atoms with Gasteiger partial charge in [-0.15, -0.1) is 0 Å². The average molecular weight is 337 g/mol. The number of hydrogen-bond acceptors (Lipinski definition) is 4. The number of ether oxygens (including phenoxy) is 1. The Morgan fingerprint density at radius 2 is 2.26 bits per heavy atom. The van der Waals surface area contributed by atoms with E-state index in [1.807, 2.05) is 17.8 Å². The monoisotopic (exact) mass is 337 g/mol. The fourth-order valence-corrected chi connectivity index (χ4v) is 3.71. The molecule has 0 bridgehead atoms. The molecule has 1 aromatic carbocycles. The number of methoxy groups -OCH3 is 1. The topological polar surface area (TPSA) is 65.9 Å². The van der Waals surface area contributed by atoms with Gasteiger partial charge in [-0.1, -0.05) is 6.42 Å². The molecule has 1 aliphatic carbocycles. The highest BCUT2D eigenvalue weighted by atomic mass is 32.2. The molecule has 0 amide bonds. The molecule has 3 N–H and O–H groups in total. The second-order valence-electron chi connectivity index (χ2n) is 5.79. The summed E-state index contributed by atoms with van der Waals surface area (Å²) < 4.78 is 5.20. The highest BCUT2D eigenvalue weighted by molar-refractivity contribution is 7.99. The van der Waals surface area contributed by atoms with Crippen molar-refractivity contribution < 1.29 is 9.84 Å². The minimum atomic E-state index is 0.258. The molecule has 2 atom stereocenters. The number of phenolic OH excluding ortho intramolecular Hbond substituents is 1. The van der Waals surface area contributed by atoms with Gasteiger partial charge in [0.05, 0.1) is 7.11 Å². The summed E-state index contributed by atoms with van der Waals surface area (Å²) in [5.41, 5.74) is 0.790. The van der Waals surface area contributed by atoms with Gasteiger partial charge in [0.25, 0.3) is 0 Å². The van der Waals surface area contributed by atoms with Crippen molar-refractivity contribution in [1.29, 1.82) is 0 Å². The van der Waals surface area contributed by atoms with Gasteiger partial charge >= 0.3 is 0 Å². The largest absolute Gasteiger partial charge is 0.508 e. The van der Waals surface area contributed by atoms with Crippen LogP contribution < -0.4 is 15.4 Å². The van der Waals surface area contributed by atoms with E-state index in [9.17, 15) is 5.11 Å². The van der Waals surface area contributed by atoms with E-state index in [2.05, 4.69) is 21.9 Å². The first-order chi connectivity index (χ1) is 11.2. The van der Waals surface area contributed by atoms with Crippen LogP contribution in [0.3, 0.4) is 0 Å². The number of thioether (sulfide) groups is 1. The van der Waals surface area contributed by atoms with E-state index >= 15 is 0 Å². The molecule has 0 aromatic heterocycles. The van der Waals surface area contributed by atoms with Crippen LogP contribution in [-0.4, -0.2) is 42.8 Å². The van der Waals surface area contributed by atoms with Crippen molar-refractivity contribution in [3.63, 3.8) is 0 Å². The number of benzene rings is 1. The Bertz CT molecular complexity index is 537. The summed E-state index contributed by atoms with van der Waals surface area (Å²) >= 11 is 1.95. The molecule has 5 nitrogen and oxygen atoms in total. The summed E-state index contributed by atoms with van der Waals surface area (Å²) in [6, 6.07) is 5.69. The first kappa shape index (κ1) is 17.8. The first-order valence-corrected chi connectivity index (χ1v) is 9.31. The molecule has 0 radical (unpaired) electrons. The molecule has 1 fully saturated rings. The standard InChI is InChI=1S/C17H27N3O2S/c1-18-17(20-13-5-4-6-15(10-13)23-3)19-11-12-9-14(22-2)7-8-16(12)21/h7-9,13,15,21H,4-6,10-11H2,1-3H3,(H2,18,19,20). The van der Waals surface area contributed by atoms with Crippen LogP contribution >= 0.6 is 11.8 Å². The number of aromatic hydroxyl groups is 1. The van der Waals surface area contributed by atoms with Gasteiger partial charge in [-0.3, -0.25) is 4.99 Å². The summed E-state index contributed by atoms with van der Waals surface area (Å²) in [7, 11) is 3.39. The van der Waals surface area contributed by atoms with E-state index < -0.39 is 0 Å². The Labute approximate surface area is 142 Å². The molecule has 1 aromatic rings. The summed E-state index contributed by atoms with van der Waals surface area (Å²) in [4.78, 5) is 4.30. The number of hydrogen-bond donors (Lipinski definition) is 3. The molecule has 0 heterocycles. The summed E-state index contributed by atoms with van der Waals surface area (Å²) in [5, 5.41) is 17.5. The Morgan fingerprint density at radius 1 is 1.43 bits per heavy atom. The molecule has 2 rings (SSSR count). The normalized spacial score (nSPS) is 21.8. The van der Waals surface area contributed by atoms with Gasteiger partial charge in [-0.05, 0) is 43.7 Å². The molecule has 6 heteroatoms. The van der Waals surface area contributed by atoms with Crippen LogP contribution in [0.4, 0.5) is 0 Å². The van der Waals surface area contributed by atoms with E-state index in [-0.39, 0.29) is 5.75 Å². The van der Waals surface area contributed by atoms with Gasteiger partial charge in [-0.2, -0.15) is 11.8 Å². The highest BCUT2D eigenvalue weighted by Crippen LogP contribution is 2.27. The fraction of sp³-hybridized carbons (Fsp3) is 0.588. The smallest absolute Gasteiger partial charge is 0.191 e. The molecule has 1 saturated carbocycles. The van der Waals surface area contributed by atoms with Crippen LogP contribution in [0.5, 0.6) is 11.5 Å². The van der Waals surface area contributed by atoms with Crippen molar-refractivity contribution in [2.24, 2.45) is 4.99 Å². The Balaban J connectivity index is 1.90. The molecular weight excluding hydrogens is 310 g/mol. The number of aliphatic imine (C=N–C) groups is 1. The zero-order chi connectivity index (χ0) is 16.7. The van der Waals surface area contributed by atoms with Gasteiger partial charge in [0.15, 0.2) is 5.96 Å². The summed E-state index contributed by atoms with van der Waals surface area (Å²) in [6.07, 6.45) is 7.11. The van der Waals surface area contributed by atoms with Crippen LogP contribution in [0.15, 0.2) is 23.2 Å². The molecule has 2 unspecified atom stereocenters. The minimum absolute atomic E-state index is 0.258. The molecule has 0 saturated heterocycles. The second kappa shape index (κ2) is 8.91. The zero-order valence-electron chi connectivity index (χ0n) is 14.1. The third-order valence-corrected chi connectivity index (χ3v) is 5.35. The lowest BCUT2D eigenvalue weighted by Gasteiger charge is -2.29. The maximum absolute atomic E-state index is 9.95. The Hall–Kier alpha value is -1.56. The van der Waals surface area contributed by atoms with Crippen molar-refractivity contribution >= 4 is 17.7 Å². The zero-order valence-corrected chi connectivity index (χ0v) is 14.9. The molecule has 0 aliphatic heterocycles. The lowest BCUT2D eigenvalue weighted by Crippen LogP contribution is -2.45. The second-order valence-corrected chi connectivity index (χ2v) is 6.92. The van der Waals surface area contributed by atoms with Gasteiger partial charge in [0, 0.05) is 30.4 Å². The minimum Gasteiger partial charge on any atom is -0.508 e. The van der Waals surface area contributed by atoms with Gasteiger partial charge in [0.1, 0.15) is 11.5 Å². The first-order valence-electron chi connectivity index (χ1n) is 8.02. The Morgan fingerprint density at radius 3 is 2.96 bits per heavy atom. The van der Waals surface area contributed by atoms with E-state index in [4.69, 9.17) is 4.74 Å². The number of phenols is 1. The predicted octanol–water partition coefficient (Wildman–Crippen LogP) is 2.74. The van der Waals surface area contributed by atoms with Crippen LogP contribution in [0.1, 0.15) is 31.2 Å². The van der Waals surface area contributed by atoms with E-state index in [0.717, 1.165) is 22.5 Å². The van der Waals surface area contributed by atoms with Crippen LogP contribution in [-0.2, 0) is 6.54 Å². The lowest BCUT2D eigenvalue weighted by atomic mass is 9.95. The van der Waals surface area contributed by atoms with Crippen molar-refractivity contribution in [3.8, 4) is 11.5 Å². The molecule has 1 aliphatic rings. The summed E-state index contributed by atoms with van der Waals surface area (Å²) in [6.45, 7) is 0.501. The summed E-state index contributed by atoms with van der Waals surface area (Å²) in [5.74, 6) is 1.77. The van der Waals surface area contributed by atoms with Crippen LogP contribution in [0.25, 0.3) is 0 Å². The maximum Gasteiger partial charge on any atom is 0.191 e. The lowest BCUT2D eigenvalue weighted by molar-refractivity contribution is 0.410. The van der Waals surface area contributed by atoms with Gasteiger partial charge in [0.2, 0.25) is 0 Å². The quantitative estimate of drug-likeness (QED) is 0.569. The average Bonchev–Trinajstić information content (AvgIpc) is 2.59. The molecule has 128 valence electrons. The van der Waals surface area contributed by atoms with E-state index in [0.29, 0.717) is 12.6 Å². The molecular formula is C17H27N3O2S. The Kier molecular flexibility index (Phi) is 6.89. The van der Waals surface area contributed by atoms with Gasteiger partial charge < -0.3 is 20.5 Å². The van der Waals surface area contributed by atoms with Crippen LogP contribution in [0.2, 0.25) is 0 Å². The van der Waals surface area contributed by atoms with Crippen molar-refractivity contribution in [3.05, 3.63) is 23.8 Å². The highest BCUT2D eigenvalue weighted by Gasteiger charge is 2.21.